The van der Waals surface area contributed by atoms with Crippen LogP contribution in [0.5, 0.6) is 5.75 Å². The molecule has 3 rings (SSSR count). The van der Waals surface area contributed by atoms with E-state index in [-0.39, 0.29) is 18.6 Å². The van der Waals surface area contributed by atoms with Crippen LogP contribution >= 0.6 is 0 Å². The van der Waals surface area contributed by atoms with Crippen molar-refractivity contribution in [2.45, 2.75) is 32.2 Å². The molecule has 1 aromatic carbocycles. The molecule has 1 fully saturated rings. The van der Waals surface area contributed by atoms with E-state index in [4.69, 9.17) is 9.15 Å². The van der Waals surface area contributed by atoms with Crippen LogP contribution in [0.1, 0.15) is 37.1 Å². The van der Waals surface area contributed by atoms with Crippen molar-refractivity contribution in [3.05, 3.63) is 54.0 Å². The smallest absolute Gasteiger partial charge is 0.258 e. The lowest BCUT2D eigenvalue weighted by molar-refractivity contribution is -0.919. The van der Waals surface area contributed by atoms with Gasteiger partial charge in [0.15, 0.2) is 18.4 Å². The highest BCUT2D eigenvalue weighted by molar-refractivity contribution is 5.77. The number of carbonyl (C=O) groups is 1. The molecule has 2 aromatic rings. The number of hydrogen-bond donors (Lipinski definition) is 2. The van der Waals surface area contributed by atoms with Crippen molar-refractivity contribution in [1.82, 2.24) is 5.32 Å². The summed E-state index contributed by atoms with van der Waals surface area (Å²) < 4.78 is 11.2. The van der Waals surface area contributed by atoms with E-state index in [9.17, 15) is 4.79 Å². The number of nitrogens with one attached hydrogen (secondary N) is 2. The van der Waals surface area contributed by atoms with Gasteiger partial charge < -0.3 is 19.4 Å². The molecule has 25 heavy (non-hydrogen) atoms. The van der Waals surface area contributed by atoms with Gasteiger partial charge >= 0.3 is 0 Å². The Morgan fingerprint density at radius 2 is 2.00 bits per heavy atom. The third-order valence-electron chi connectivity index (χ3n) is 4.83. The average Bonchev–Trinajstić information content (AvgIpc) is 3.35. The van der Waals surface area contributed by atoms with E-state index in [1.165, 1.54) is 23.3 Å². The van der Waals surface area contributed by atoms with Crippen LogP contribution in [0.2, 0.25) is 0 Å². The average molecular weight is 343 g/mol. The van der Waals surface area contributed by atoms with Gasteiger partial charge in [-0.25, -0.2) is 0 Å². The lowest BCUT2D eigenvalue weighted by Crippen LogP contribution is -3.11. The predicted octanol–water partition coefficient (Wildman–Crippen LogP) is 1.76. The summed E-state index contributed by atoms with van der Waals surface area (Å²) in [6.07, 6.45) is 5.16. The Balaban J connectivity index is 1.49. The number of amides is 1. The van der Waals surface area contributed by atoms with E-state index in [0.29, 0.717) is 6.54 Å². The first-order chi connectivity index (χ1) is 12.3. The number of rotatable bonds is 8. The van der Waals surface area contributed by atoms with Crippen LogP contribution < -0.4 is 15.0 Å². The first-order valence-corrected chi connectivity index (χ1v) is 9.12. The van der Waals surface area contributed by atoms with E-state index >= 15 is 0 Å². The summed E-state index contributed by atoms with van der Waals surface area (Å²) in [7, 11) is 0. The molecule has 1 atom stereocenters. The number of ether oxygens (including phenoxy) is 1. The molecule has 5 nitrogen and oxygen atoms in total. The molecule has 0 radical (unpaired) electrons. The molecular formula is C20H27N2O3+. The predicted molar refractivity (Wildman–Crippen MR) is 95.7 cm³/mol. The molecular weight excluding hydrogens is 316 g/mol. The van der Waals surface area contributed by atoms with Crippen molar-refractivity contribution in [3.8, 4) is 5.75 Å². The van der Waals surface area contributed by atoms with Crippen molar-refractivity contribution in [2.75, 3.05) is 26.2 Å². The molecule has 0 saturated carbocycles. The van der Waals surface area contributed by atoms with Gasteiger partial charge in [-0.05, 0) is 36.2 Å². The highest BCUT2D eigenvalue weighted by Gasteiger charge is 2.29. The Kier molecular flexibility index (Phi) is 6.12. The molecule has 1 aromatic heterocycles. The fourth-order valence-electron chi connectivity index (χ4n) is 3.35. The lowest BCUT2D eigenvalue weighted by atomic mass is 10.2. The van der Waals surface area contributed by atoms with Gasteiger partial charge in [-0.2, -0.15) is 0 Å². The molecule has 0 bridgehead atoms. The number of furan rings is 1. The number of likely N-dealkylation sites (tertiary alicyclic amines) is 1. The van der Waals surface area contributed by atoms with Gasteiger partial charge in [0.1, 0.15) is 5.75 Å². The van der Waals surface area contributed by atoms with Crippen LogP contribution in [0.25, 0.3) is 0 Å². The fourth-order valence-corrected chi connectivity index (χ4v) is 3.35. The Labute approximate surface area is 149 Å². The van der Waals surface area contributed by atoms with Crippen LogP contribution in [0, 0.1) is 0 Å². The molecule has 134 valence electrons. The fraction of sp³-hybridized carbons (Fsp3) is 0.450. The SMILES string of the molecule is CCc1ccc(OCC(=O)NC[C@@H](c2ccco2)[NH+]2CCCC2)cc1. The van der Waals surface area contributed by atoms with Gasteiger partial charge in [-0.3, -0.25) is 4.79 Å². The molecule has 1 aliphatic rings. The summed E-state index contributed by atoms with van der Waals surface area (Å²) in [6.45, 7) is 4.97. The maximum atomic E-state index is 12.2. The number of quaternary nitrogens is 1. The van der Waals surface area contributed by atoms with E-state index in [1.807, 2.05) is 36.4 Å². The molecule has 2 N–H and O–H groups in total. The topological polar surface area (TPSA) is 55.9 Å². The highest BCUT2D eigenvalue weighted by Crippen LogP contribution is 2.13. The third-order valence-corrected chi connectivity index (χ3v) is 4.83. The minimum absolute atomic E-state index is 0.0334. The Morgan fingerprint density at radius 1 is 1.24 bits per heavy atom. The maximum Gasteiger partial charge on any atom is 0.258 e. The highest BCUT2D eigenvalue weighted by atomic mass is 16.5. The van der Waals surface area contributed by atoms with E-state index in [1.54, 1.807) is 6.26 Å². The largest absolute Gasteiger partial charge is 0.484 e. The van der Waals surface area contributed by atoms with Crippen molar-refractivity contribution < 1.29 is 18.8 Å². The second kappa shape index (κ2) is 8.72. The van der Waals surface area contributed by atoms with Gasteiger partial charge in [-0.1, -0.05) is 19.1 Å². The summed E-state index contributed by atoms with van der Waals surface area (Å²) in [6, 6.07) is 11.9. The Hall–Kier alpha value is -2.27. The molecule has 0 unspecified atom stereocenters. The van der Waals surface area contributed by atoms with E-state index in [0.717, 1.165) is 31.0 Å². The van der Waals surface area contributed by atoms with Crippen molar-refractivity contribution >= 4 is 5.91 Å². The number of benzene rings is 1. The monoisotopic (exact) mass is 343 g/mol. The Morgan fingerprint density at radius 3 is 2.64 bits per heavy atom. The van der Waals surface area contributed by atoms with Crippen molar-refractivity contribution in [1.29, 1.82) is 0 Å². The minimum atomic E-state index is -0.102. The quantitative estimate of drug-likeness (QED) is 0.768. The third kappa shape index (κ3) is 4.86. The lowest BCUT2D eigenvalue weighted by Gasteiger charge is -2.23. The second-order valence-corrected chi connectivity index (χ2v) is 6.52. The van der Waals surface area contributed by atoms with Crippen LogP contribution in [-0.4, -0.2) is 32.1 Å². The number of hydrogen-bond acceptors (Lipinski definition) is 3. The Bertz CT molecular complexity index is 646. The summed E-state index contributed by atoms with van der Waals surface area (Å²) >= 11 is 0. The zero-order valence-electron chi connectivity index (χ0n) is 14.8. The standard InChI is InChI=1S/C20H26N2O3/c1-2-16-7-9-17(10-8-16)25-15-20(23)21-14-18(19-6-5-13-24-19)22-11-3-4-12-22/h5-10,13,18H,2-4,11-12,14-15H2,1H3,(H,21,23)/p+1/t18-/m0/s1. The molecule has 1 saturated heterocycles. The van der Waals surface area contributed by atoms with Gasteiger partial charge in [0.05, 0.1) is 25.9 Å². The summed E-state index contributed by atoms with van der Waals surface area (Å²) in [5, 5.41) is 3.00. The van der Waals surface area contributed by atoms with E-state index < -0.39 is 0 Å². The van der Waals surface area contributed by atoms with Gasteiger partial charge in [0, 0.05) is 12.8 Å². The molecule has 0 aliphatic carbocycles. The van der Waals surface area contributed by atoms with Crippen LogP contribution in [0.15, 0.2) is 47.1 Å². The van der Waals surface area contributed by atoms with Gasteiger partial charge in [0.25, 0.3) is 5.91 Å². The van der Waals surface area contributed by atoms with Gasteiger partial charge in [0.2, 0.25) is 0 Å². The summed E-state index contributed by atoms with van der Waals surface area (Å²) in [5.41, 5.74) is 1.26. The normalized spacial score (nSPS) is 15.9. The van der Waals surface area contributed by atoms with Crippen molar-refractivity contribution in [3.63, 3.8) is 0 Å². The molecule has 5 heteroatoms. The molecule has 1 aliphatic heterocycles. The van der Waals surface area contributed by atoms with Crippen LogP contribution in [0.4, 0.5) is 0 Å². The number of carbonyl (C=O) groups excluding carboxylic acids is 1. The second-order valence-electron chi connectivity index (χ2n) is 6.52. The molecule has 0 spiro atoms. The zero-order chi connectivity index (χ0) is 17.5. The maximum absolute atomic E-state index is 12.2. The first-order valence-electron chi connectivity index (χ1n) is 9.12. The first kappa shape index (κ1) is 17.5. The van der Waals surface area contributed by atoms with E-state index in [2.05, 4.69) is 12.2 Å². The van der Waals surface area contributed by atoms with Gasteiger partial charge in [-0.15, -0.1) is 0 Å². The summed E-state index contributed by atoms with van der Waals surface area (Å²) in [4.78, 5) is 13.6. The van der Waals surface area contributed by atoms with Crippen LogP contribution in [0.3, 0.4) is 0 Å². The van der Waals surface area contributed by atoms with Crippen molar-refractivity contribution in [2.24, 2.45) is 0 Å². The molecule has 2 heterocycles. The molecule has 1 amide bonds. The number of aryl methyl sites for hydroxylation is 1. The minimum Gasteiger partial charge on any atom is -0.484 e. The zero-order valence-corrected chi connectivity index (χ0v) is 14.8. The van der Waals surface area contributed by atoms with Crippen LogP contribution in [-0.2, 0) is 11.2 Å². The summed E-state index contributed by atoms with van der Waals surface area (Å²) in [5.74, 6) is 1.56.